The largest absolute Gasteiger partial charge is 0.508 e. The molecule has 3 aliphatic heterocycles. The Bertz CT molecular complexity index is 956. The molecule has 3 heterocycles. The molecule has 30 heavy (non-hydrogen) atoms. The molecule has 3 atom stereocenters. The van der Waals surface area contributed by atoms with Gasteiger partial charge in [0.05, 0.1) is 6.04 Å². The van der Waals surface area contributed by atoms with Crippen LogP contribution in [0.25, 0.3) is 0 Å². The maximum absolute atomic E-state index is 12.5. The van der Waals surface area contributed by atoms with Crippen molar-refractivity contribution < 1.29 is 34.1 Å². The van der Waals surface area contributed by atoms with Crippen molar-refractivity contribution in [3.05, 3.63) is 41.1 Å². The van der Waals surface area contributed by atoms with Crippen molar-refractivity contribution in [2.45, 2.75) is 32.0 Å². The van der Waals surface area contributed by atoms with Crippen LogP contribution in [0.5, 0.6) is 5.75 Å². The van der Waals surface area contributed by atoms with E-state index in [0.29, 0.717) is 18.5 Å². The van der Waals surface area contributed by atoms with E-state index in [0.717, 1.165) is 5.56 Å². The van der Waals surface area contributed by atoms with E-state index in [1.165, 1.54) is 28.9 Å². The monoisotopic (exact) mass is 415 g/mol. The maximum atomic E-state index is 12.5. The van der Waals surface area contributed by atoms with Gasteiger partial charge in [-0.15, -0.1) is 0 Å². The zero-order valence-electron chi connectivity index (χ0n) is 16.2. The average molecular weight is 415 g/mol. The molecule has 1 aromatic carbocycles. The second-order valence-corrected chi connectivity index (χ2v) is 7.63. The molecule has 0 spiro atoms. The molecular weight excluding hydrogens is 394 g/mol. The van der Waals surface area contributed by atoms with Crippen LogP contribution in [0.1, 0.15) is 18.9 Å². The van der Waals surface area contributed by atoms with Gasteiger partial charge in [-0.2, -0.15) is 0 Å². The number of carboxylic acids is 1. The van der Waals surface area contributed by atoms with E-state index >= 15 is 0 Å². The minimum atomic E-state index is -1.26. The zero-order valence-corrected chi connectivity index (χ0v) is 16.2. The van der Waals surface area contributed by atoms with Crippen LogP contribution in [0, 0.1) is 5.92 Å². The number of hydrogen-bond donors (Lipinski definition) is 3. The molecule has 0 bridgehead atoms. The SMILES string of the molecule is CC(=O)N1C[C@H]2CC(COC(=O)NCc3ccc(O)cc3)=C(C(=O)O)N3C(=O)[C@@H]1[C@@H]23. The van der Waals surface area contributed by atoms with Crippen molar-refractivity contribution in [3.63, 3.8) is 0 Å². The number of rotatable bonds is 5. The first-order chi connectivity index (χ1) is 14.3. The van der Waals surface area contributed by atoms with Gasteiger partial charge in [0.1, 0.15) is 24.1 Å². The topological polar surface area (TPSA) is 136 Å². The van der Waals surface area contributed by atoms with E-state index in [1.54, 1.807) is 12.1 Å². The Balaban J connectivity index is 1.42. The van der Waals surface area contributed by atoms with E-state index in [4.69, 9.17) is 4.74 Å². The minimum absolute atomic E-state index is 0.0849. The van der Waals surface area contributed by atoms with E-state index in [-0.39, 0.29) is 42.5 Å². The standard InChI is InChI=1S/C20H21N3O7/c1-10(24)22-8-12-6-13(16(19(27)28)23-15(12)17(22)18(23)26)9-30-20(29)21-7-11-2-4-14(25)5-3-11/h2-5,12,15,17,25H,6-9H2,1H3,(H,21,29)(H,27,28)/t12-,15-,17+/m1/s1. The number of benzene rings is 1. The van der Waals surface area contributed by atoms with Crippen LogP contribution in [0.2, 0.25) is 0 Å². The summed E-state index contributed by atoms with van der Waals surface area (Å²) in [5, 5.41) is 21.5. The molecule has 0 aliphatic carbocycles. The lowest BCUT2D eigenvalue weighted by molar-refractivity contribution is -0.159. The number of nitrogens with one attached hydrogen (secondary N) is 1. The molecule has 3 amide bonds. The van der Waals surface area contributed by atoms with E-state index in [1.807, 2.05) is 0 Å². The van der Waals surface area contributed by atoms with Gasteiger partial charge in [-0.05, 0) is 29.7 Å². The van der Waals surface area contributed by atoms with Crippen molar-refractivity contribution in [2.75, 3.05) is 13.2 Å². The third-order valence-electron chi connectivity index (χ3n) is 5.80. The van der Waals surface area contributed by atoms with Crippen molar-refractivity contribution in [2.24, 2.45) is 5.92 Å². The lowest BCUT2D eigenvalue weighted by atomic mass is 9.79. The Morgan fingerprint density at radius 1 is 1.23 bits per heavy atom. The summed E-state index contributed by atoms with van der Waals surface area (Å²) in [6, 6.07) is 5.35. The molecule has 4 rings (SSSR count). The Hall–Kier alpha value is -3.56. The number of carbonyl (C=O) groups excluding carboxylic acids is 3. The smallest absolute Gasteiger partial charge is 0.407 e. The lowest BCUT2D eigenvalue weighted by Crippen LogP contribution is -2.69. The van der Waals surface area contributed by atoms with Crippen LogP contribution < -0.4 is 5.32 Å². The van der Waals surface area contributed by atoms with Crippen molar-refractivity contribution in [1.82, 2.24) is 15.1 Å². The Labute approximate surface area is 171 Å². The minimum Gasteiger partial charge on any atom is -0.508 e. The van der Waals surface area contributed by atoms with E-state index in [9.17, 15) is 29.4 Å². The van der Waals surface area contributed by atoms with Crippen LogP contribution in [0.4, 0.5) is 4.79 Å². The van der Waals surface area contributed by atoms with Crippen molar-refractivity contribution in [3.8, 4) is 5.75 Å². The van der Waals surface area contributed by atoms with Crippen molar-refractivity contribution in [1.29, 1.82) is 0 Å². The summed E-state index contributed by atoms with van der Waals surface area (Å²) in [7, 11) is 0. The highest BCUT2D eigenvalue weighted by Gasteiger charge is 2.63. The fourth-order valence-electron chi connectivity index (χ4n) is 4.48. The normalized spacial score (nSPS) is 24.3. The van der Waals surface area contributed by atoms with E-state index in [2.05, 4.69) is 5.32 Å². The molecule has 1 aromatic rings. The van der Waals surface area contributed by atoms with Gasteiger partial charge in [0.25, 0.3) is 5.91 Å². The van der Waals surface area contributed by atoms with Crippen LogP contribution in [-0.4, -0.2) is 69.1 Å². The number of alkyl carbamates (subject to hydrolysis) is 1. The molecule has 10 heteroatoms. The summed E-state index contributed by atoms with van der Waals surface area (Å²) in [6.07, 6.45) is -0.395. The Morgan fingerprint density at radius 3 is 2.57 bits per heavy atom. The van der Waals surface area contributed by atoms with Gasteiger partial charge in [0, 0.05) is 25.9 Å². The number of carboxylic acid groups (broad SMARTS) is 1. The maximum Gasteiger partial charge on any atom is 0.407 e. The summed E-state index contributed by atoms with van der Waals surface area (Å²) < 4.78 is 5.19. The van der Waals surface area contributed by atoms with Gasteiger partial charge in [-0.1, -0.05) is 12.1 Å². The first kappa shape index (κ1) is 19.7. The number of hydrogen-bond acceptors (Lipinski definition) is 6. The number of aliphatic carboxylic acids is 1. The lowest BCUT2D eigenvalue weighted by Gasteiger charge is -2.49. The third-order valence-corrected chi connectivity index (χ3v) is 5.80. The third kappa shape index (κ3) is 3.23. The van der Waals surface area contributed by atoms with Gasteiger partial charge < -0.3 is 25.2 Å². The fourth-order valence-corrected chi connectivity index (χ4v) is 4.48. The molecule has 0 radical (unpaired) electrons. The number of likely N-dealkylation sites (tertiary alicyclic amines) is 1. The quantitative estimate of drug-likeness (QED) is 0.593. The first-order valence-electron chi connectivity index (χ1n) is 9.52. The highest BCUT2D eigenvalue weighted by molar-refractivity contribution is 6.02. The summed E-state index contributed by atoms with van der Waals surface area (Å²) in [4.78, 5) is 51.0. The molecule has 3 N–H and O–H groups in total. The molecule has 158 valence electrons. The number of β-lactam (4-membered cyclic amide) rings is 1. The highest BCUT2D eigenvalue weighted by Crippen LogP contribution is 2.47. The molecule has 2 fully saturated rings. The van der Waals surface area contributed by atoms with Crippen LogP contribution >= 0.6 is 0 Å². The number of carbonyl (C=O) groups is 4. The first-order valence-corrected chi connectivity index (χ1v) is 9.52. The van der Waals surface area contributed by atoms with E-state index < -0.39 is 24.0 Å². The van der Waals surface area contributed by atoms with Gasteiger partial charge in [0.2, 0.25) is 5.91 Å². The number of nitrogens with zero attached hydrogens (tertiary/aromatic N) is 2. The molecular formula is C20H21N3O7. The summed E-state index contributed by atoms with van der Waals surface area (Å²) in [5.41, 5.74) is 0.943. The van der Waals surface area contributed by atoms with Gasteiger partial charge >= 0.3 is 12.1 Å². The number of amides is 3. The van der Waals surface area contributed by atoms with Gasteiger partial charge in [0.15, 0.2) is 0 Å². The van der Waals surface area contributed by atoms with Gasteiger partial charge in [-0.25, -0.2) is 9.59 Å². The van der Waals surface area contributed by atoms with Crippen LogP contribution in [-0.2, 0) is 25.7 Å². The van der Waals surface area contributed by atoms with Crippen LogP contribution in [0.3, 0.4) is 0 Å². The number of phenolic OH excluding ortho intramolecular Hbond substituents is 1. The Morgan fingerprint density at radius 2 is 1.93 bits per heavy atom. The van der Waals surface area contributed by atoms with Crippen molar-refractivity contribution >= 4 is 23.9 Å². The summed E-state index contributed by atoms with van der Waals surface area (Å²) in [5.74, 6) is -1.86. The predicted octanol–water partition coefficient (Wildman–Crippen LogP) is 0.418. The molecule has 2 saturated heterocycles. The number of aromatic hydroxyl groups is 1. The molecule has 3 aliphatic rings. The average Bonchev–Trinajstić information content (AvgIpc) is 3.07. The van der Waals surface area contributed by atoms with Crippen LogP contribution in [0.15, 0.2) is 35.5 Å². The molecule has 0 unspecified atom stereocenters. The summed E-state index contributed by atoms with van der Waals surface area (Å²) >= 11 is 0. The Kier molecular flexibility index (Phi) is 4.84. The zero-order chi connectivity index (χ0) is 21.6. The highest BCUT2D eigenvalue weighted by atomic mass is 16.5. The van der Waals surface area contributed by atoms with Gasteiger partial charge in [-0.3, -0.25) is 14.5 Å². The molecule has 10 nitrogen and oxygen atoms in total. The second-order valence-electron chi connectivity index (χ2n) is 7.63. The number of phenols is 1. The summed E-state index contributed by atoms with van der Waals surface area (Å²) in [6.45, 7) is 1.67. The molecule has 0 aromatic heterocycles. The predicted molar refractivity (Wildman–Crippen MR) is 101 cm³/mol. The second kappa shape index (κ2) is 7.36. The fraction of sp³-hybridized carbons (Fsp3) is 0.400. The number of ether oxygens (including phenoxy) is 1. The molecule has 0 saturated carbocycles.